The van der Waals surface area contributed by atoms with Crippen molar-refractivity contribution in [2.75, 3.05) is 0 Å². The predicted octanol–water partition coefficient (Wildman–Crippen LogP) is 1.10. The van der Waals surface area contributed by atoms with Gasteiger partial charge in [-0.25, -0.2) is 4.79 Å². The Bertz CT molecular complexity index is 329. The van der Waals surface area contributed by atoms with Crippen LogP contribution in [0.5, 0.6) is 5.75 Å². The van der Waals surface area contributed by atoms with Crippen LogP contribution in [0.3, 0.4) is 0 Å². The molecule has 62 valence electrons. The van der Waals surface area contributed by atoms with Gasteiger partial charge in [-0.2, -0.15) is 0 Å². The molecule has 1 aromatic rings. The number of carboxylic acid groups (broad SMARTS) is 1. The molecule has 0 saturated carbocycles. The van der Waals surface area contributed by atoms with Gasteiger partial charge in [-0.3, -0.25) is 0 Å². The molecule has 0 aliphatic heterocycles. The van der Waals surface area contributed by atoms with Crippen molar-refractivity contribution in [3.8, 4) is 5.75 Å². The molecular weight excluding hydrogens is 156 g/mol. The van der Waals surface area contributed by atoms with Crippen LogP contribution in [-0.4, -0.2) is 11.1 Å². The number of hydrogen-bond donors (Lipinski definition) is 1. The minimum Gasteiger partial charge on any atom is -0.872 e. The molecule has 0 bridgehead atoms. The summed E-state index contributed by atoms with van der Waals surface area (Å²) in [6, 6.07) is 3.74. The third-order valence-corrected chi connectivity index (χ3v) is 1.47. The van der Waals surface area contributed by atoms with Crippen molar-refractivity contribution in [3.05, 3.63) is 35.9 Å². The molecule has 0 atom stereocenters. The molecule has 1 rings (SSSR count). The van der Waals surface area contributed by atoms with Crippen molar-refractivity contribution in [3.63, 3.8) is 0 Å². The Morgan fingerprint density at radius 1 is 1.58 bits per heavy atom. The molecule has 3 nitrogen and oxygen atoms in total. The highest BCUT2D eigenvalue weighted by Crippen LogP contribution is 2.15. The topological polar surface area (TPSA) is 60.4 Å². The number of hydrogen-bond acceptors (Lipinski definition) is 2. The molecule has 1 N–H and O–H groups in total. The van der Waals surface area contributed by atoms with Gasteiger partial charge < -0.3 is 10.2 Å². The third-order valence-electron chi connectivity index (χ3n) is 1.47. The van der Waals surface area contributed by atoms with E-state index in [0.717, 1.165) is 0 Å². The van der Waals surface area contributed by atoms with E-state index in [0.29, 0.717) is 5.56 Å². The van der Waals surface area contributed by atoms with Gasteiger partial charge in [-0.15, -0.1) is 5.75 Å². The van der Waals surface area contributed by atoms with Gasteiger partial charge in [0.2, 0.25) is 0 Å². The molecule has 0 saturated heterocycles. The summed E-state index contributed by atoms with van der Waals surface area (Å²) in [5.41, 5.74) is 0.458. The lowest BCUT2D eigenvalue weighted by molar-refractivity contribution is -0.268. The van der Waals surface area contributed by atoms with E-state index in [2.05, 4.69) is 6.58 Å². The summed E-state index contributed by atoms with van der Waals surface area (Å²) < 4.78 is 0. The lowest BCUT2D eigenvalue weighted by Gasteiger charge is -2.07. The second-order valence-corrected chi connectivity index (χ2v) is 2.26. The van der Waals surface area contributed by atoms with Crippen LogP contribution in [0.1, 0.15) is 15.9 Å². The molecule has 0 aliphatic carbocycles. The maximum Gasteiger partial charge on any atom is 0.336 e. The Morgan fingerprint density at radius 2 is 2.25 bits per heavy atom. The molecule has 0 heterocycles. The SMILES string of the molecule is C=Cc1cc([O-])ccc1C(=O)O. The first-order valence-corrected chi connectivity index (χ1v) is 3.32. The lowest BCUT2D eigenvalue weighted by atomic mass is 10.1. The number of benzene rings is 1. The first-order chi connectivity index (χ1) is 5.65. The summed E-state index contributed by atoms with van der Waals surface area (Å²) in [4.78, 5) is 10.5. The minimum absolute atomic E-state index is 0.101. The van der Waals surface area contributed by atoms with E-state index in [1.807, 2.05) is 0 Å². The first kappa shape index (κ1) is 8.33. The molecular formula is C9H7O3-. The summed E-state index contributed by atoms with van der Waals surface area (Å²) in [6.45, 7) is 3.41. The molecule has 1 aromatic carbocycles. The Morgan fingerprint density at radius 3 is 2.75 bits per heavy atom. The molecule has 3 heteroatoms. The normalized spacial score (nSPS) is 9.33. The zero-order valence-electron chi connectivity index (χ0n) is 6.28. The molecule has 0 aromatic heterocycles. The van der Waals surface area contributed by atoms with E-state index < -0.39 is 5.97 Å². The standard InChI is InChI=1S/C9H8O3/c1-2-6-5-7(10)3-4-8(6)9(11)12/h2-5,10H,1H2,(H,11,12)/p-1. The summed E-state index contributed by atoms with van der Waals surface area (Å²) in [6.07, 6.45) is 1.35. The minimum atomic E-state index is -1.05. The van der Waals surface area contributed by atoms with E-state index in [9.17, 15) is 9.90 Å². The van der Waals surface area contributed by atoms with Crippen LogP contribution in [0.25, 0.3) is 6.08 Å². The van der Waals surface area contributed by atoms with Crippen LogP contribution >= 0.6 is 0 Å². The van der Waals surface area contributed by atoms with Gasteiger partial charge in [0.15, 0.2) is 0 Å². The summed E-state index contributed by atoms with van der Waals surface area (Å²) >= 11 is 0. The lowest BCUT2D eigenvalue weighted by Crippen LogP contribution is -2.00. The fourth-order valence-electron chi connectivity index (χ4n) is 0.904. The van der Waals surface area contributed by atoms with Crippen molar-refractivity contribution < 1.29 is 15.0 Å². The number of carbonyl (C=O) groups is 1. The molecule has 0 amide bonds. The highest BCUT2D eigenvalue weighted by atomic mass is 16.4. The van der Waals surface area contributed by atoms with E-state index >= 15 is 0 Å². The van der Waals surface area contributed by atoms with Gasteiger partial charge in [0.1, 0.15) is 0 Å². The van der Waals surface area contributed by atoms with Crippen LogP contribution in [-0.2, 0) is 0 Å². The van der Waals surface area contributed by atoms with Gasteiger partial charge >= 0.3 is 5.97 Å². The maximum absolute atomic E-state index is 10.8. The number of aromatic carboxylic acids is 1. The average molecular weight is 163 g/mol. The van der Waals surface area contributed by atoms with E-state index in [4.69, 9.17) is 5.11 Å². The third kappa shape index (κ3) is 1.45. The van der Waals surface area contributed by atoms with Gasteiger partial charge in [-0.05, 0) is 11.6 Å². The van der Waals surface area contributed by atoms with Crippen LogP contribution in [0.2, 0.25) is 0 Å². The summed E-state index contributed by atoms with van der Waals surface area (Å²) in [7, 11) is 0. The fourth-order valence-corrected chi connectivity index (χ4v) is 0.904. The van der Waals surface area contributed by atoms with Crippen LogP contribution in [0, 0.1) is 0 Å². The number of carboxylic acids is 1. The van der Waals surface area contributed by atoms with Crippen molar-refractivity contribution >= 4 is 12.0 Å². The summed E-state index contributed by atoms with van der Waals surface area (Å²) in [5.74, 6) is -1.26. The van der Waals surface area contributed by atoms with Crippen molar-refractivity contribution in [2.45, 2.75) is 0 Å². The van der Waals surface area contributed by atoms with Gasteiger partial charge in [0, 0.05) is 0 Å². The predicted molar refractivity (Wildman–Crippen MR) is 42.9 cm³/mol. The monoisotopic (exact) mass is 163 g/mol. The Kier molecular flexibility index (Phi) is 2.14. The molecule has 0 spiro atoms. The Labute approximate surface area is 69.6 Å². The molecule has 0 fully saturated rings. The van der Waals surface area contributed by atoms with E-state index in [1.54, 1.807) is 0 Å². The van der Waals surface area contributed by atoms with Crippen molar-refractivity contribution in [1.29, 1.82) is 0 Å². The Balaban J connectivity index is 3.29. The van der Waals surface area contributed by atoms with Gasteiger partial charge in [0.05, 0.1) is 5.56 Å². The van der Waals surface area contributed by atoms with Crippen molar-refractivity contribution in [1.82, 2.24) is 0 Å². The average Bonchev–Trinajstić information content (AvgIpc) is 2.03. The second kappa shape index (κ2) is 3.09. The quantitative estimate of drug-likeness (QED) is 0.710. The molecule has 0 unspecified atom stereocenters. The molecule has 12 heavy (non-hydrogen) atoms. The van der Waals surface area contributed by atoms with Crippen molar-refractivity contribution in [2.24, 2.45) is 0 Å². The first-order valence-electron chi connectivity index (χ1n) is 3.32. The van der Waals surface area contributed by atoms with Gasteiger partial charge in [-0.1, -0.05) is 24.8 Å². The zero-order chi connectivity index (χ0) is 9.14. The number of rotatable bonds is 2. The molecule has 0 radical (unpaired) electrons. The smallest absolute Gasteiger partial charge is 0.336 e. The molecule has 0 aliphatic rings. The largest absolute Gasteiger partial charge is 0.872 e. The van der Waals surface area contributed by atoms with E-state index in [1.165, 1.54) is 24.3 Å². The van der Waals surface area contributed by atoms with E-state index in [-0.39, 0.29) is 11.3 Å². The highest BCUT2D eigenvalue weighted by Gasteiger charge is 2.05. The van der Waals surface area contributed by atoms with Crippen LogP contribution in [0.15, 0.2) is 24.8 Å². The fraction of sp³-hybridized carbons (Fsp3) is 0. The van der Waals surface area contributed by atoms with Crippen LogP contribution < -0.4 is 5.11 Å². The highest BCUT2D eigenvalue weighted by molar-refractivity contribution is 5.92. The summed E-state index contributed by atoms with van der Waals surface area (Å²) in [5, 5.41) is 19.4. The zero-order valence-corrected chi connectivity index (χ0v) is 6.28. The Hall–Kier alpha value is -1.77. The van der Waals surface area contributed by atoms with Gasteiger partial charge in [0.25, 0.3) is 0 Å². The van der Waals surface area contributed by atoms with Crippen LogP contribution in [0.4, 0.5) is 0 Å². The second-order valence-electron chi connectivity index (χ2n) is 2.26. The maximum atomic E-state index is 10.8.